The molecule has 1 saturated heterocycles. The van der Waals surface area contributed by atoms with Crippen molar-refractivity contribution >= 4 is 58.3 Å². The van der Waals surface area contributed by atoms with E-state index in [4.69, 9.17) is 9.47 Å². The first-order chi connectivity index (χ1) is 19.7. The van der Waals surface area contributed by atoms with E-state index in [1.165, 1.54) is 26.4 Å². The summed E-state index contributed by atoms with van der Waals surface area (Å²) >= 11 is 2.33. The van der Waals surface area contributed by atoms with E-state index < -0.39 is 17.1 Å². The van der Waals surface area contributed by atoms with E-state index in [9.17, 15) is 19.2 Å². The van der Waals surface area contributed by atoms with Crippen LogP contribution in [-0.4, -0.2) is 47.8 Å². The minimum absolute atomic E-state index is 0.165. The summed E-state index contributed by atoms with van der Waals surface area (Å²) in [4.78, 5) is 53.7. The van der Waals surface area contributed by atoms with Crippen molar-refractivity contribution < 1.29 is 28.7 Å². The second-order valence-electron chi connectivity index (χ2n) is 11.5. The van der Waals surface area contributed by atoms with E-state index in [0.29, 0.717) is 40.5 Å². The number of anilines is 1. The van der Waals surface area contributed by atoms with Crippen LogP contribution in [0.25, 0.3) is 6.08 Å². The fourth-order valence-corrected chi connectivity index (χ4v) is 8.56. The number of esters is 1. The summed E-state index contributed by atoms with van der Waals surface area (Å²) < 4.78 is 11.5. The van der Waals surface area contributed by atoms with Crippen LogP contribution < -0.4 is 14.8 Å². The molecular weight excluding hydrogens is 560 g/mol. The molecule has 4 bridgehead atoms. The Morgan fingerprint density at radius 1 is 1.05 bits per heavy atom. The Morgan fingerprint density at radius 2 is 1.76 bits per heavy atom. The minimum Gasteiger partial charge on any atom is -0.493 e. The Hall–Kier alpha value is -3.24. The third-order valence-electron chi connectivity index (χ3n) is 8.69. The van der Waals surface area contributed by atoms with Crippen LogP contribution in [0.5, 0.6) is 11.5 Å². The molecule has 3 amide bonds. The molecule has 8 nitrogen and oxygen atoms in total. The van der Waals surface area contributed by atoms with Crippen molar-refractivity contribution in [3.8, 4) is 11.5 Å². The van der Waals surface area contributed by atoms with Crippen molar-refractivity contribution in [2.24, 2.45) is 23.2 Å². The number of rotatable bonds is 8. The summed E-state index contributed by atoms with van der Waals surface area (Å²) in [7, 11) is 1.50. The van der Waals surface area contributed by atoms with E-state index >= 15 is 0 Å². The number of benzene rings is 2. The smallest absolute Gasteiger partial charge is 0.317 e. The van der Waals surface area contributed by atoms with Gasteiger partial charge in [-0.25, -0.2) is 0 Å². The van der Waals surface area contributed by atoms with Gasteiger partial charge >= 0.3 is 5.97 Å². The van der Waals surface area contributed by atoms with Crippen LogP contribution in [0, 0.1) is 23.2 Å². The standard InChI is InChI=1S/C31H32N2O6S2/c1-38-25-11-18(6-7-24(25)39-29(36)31-14-19-8-20(15-31)10-21(9-19)16-31)12-26-28(35)33(30(37)41-26)17-27(34)32-22-4-3-5-23(13-22)40-2/h3-7,11-13,19-21H,8-10,14-17H2,1-2H3,(H,32,34)/b26-12-. The van der Waals surface area contributed by atoms with Gasteiger partial charge in [-0.1, -0.05) is 12.1 Å². The van der Waals surface area contributed by atoms with Gasteiger partial charge < -0.3 is 14.8 Å². The molecule has 0 radical (unpaired) electrons. The number of imide groups is 1. The van der Waals surface area contributed by atoms with Crippen molar-refractivity contribution in [3.05, 3.63) is 52.9 Å². The Bertz CT molecular complexity index is 1420. The lowest BCUT2D eigenvalue weighted by Crippen LogP contribution is -2.51. The van der Waals surface area contributed by atoms with Crippen LogP contribution >= 0.6 is 23.5 Å². The second-order valence-corrected chi connectivity index (χ2v) is 13.4. The quantitative estimate of drug-likeness (QED) is 0.167. The Morgan fingerprint density at radius 3 is 2.41 bits per heavy atom. The monoisotopic (exact) mass is 592 g/mol. The highest BCUT2D eigenvalue weighted by Crippen LogP contribution is 2.60. The number of nitrogens with zero attached hydrogens (tertiary/aromatic N) is 1. The van der Waals surface area contributed by atoms with Gasteiger partial charge in [0.1, 0.15) is 6.54 Å². The van der Waals surface area contributed by atoms with Crippen molar-refractivity contribution in [2.45, 2.75) is 43.4 Å². The van der Waals surface area contributed by atoms with Crippen molar-refractivity contribution in [1.29, 1.82) is 0 Å². The highest BCUT2D eigenvalue weighted by molar-refractivity contribution is 8.18. The average Bonchev–Trinajstić information content (AvgIpc) is 3.20. The lowest BCUT2D eigenvalue weighted by Gasteiger charge is -2.55. The lowest BCUT2D eigenvalue weighted by atomic mass is 9.49. The van der Waals surface area contributed by atoms with Gasteiger partial charge in [-0.15, -0.1) is 11.8 Å². The summed E-state index contributed by atoms with van der Waals surface area (Å²) in [5, 5.41) is 2.23. The topological polar surface area (TPSA) is 102 Å². The van der Waals surface area contributed by atoms with Gasteiger partial charge in [0.05, 0.1) is 17.4 Å². The number of thioether (sulfide) groups is 2. The zero-order chi connectivity index (χ0) is 28.7. The molecule has 1 heterocycles. The summed E-state index contributed by atoms with van der Waals surface area (Å²) in [5.74, 6) is 1.45. The zero-order valence-corrected chi connectivity index (χ0v) is 24.6. The SMILES string of the molecule is COc1cc(/C=C2\SC(=O)N(CC(=O)Nc3cccc(SC)c3)C2=O)ccc1OC(=O)C12CC3CC(CC(C3)C1)C2. The van der Waals surface area contributed by atoms with Crippen LogP contribution in [0.15, 0.2) is 52.3 Å². The van der Waals surface area contributed by atoms with Crippen LogP contribution in [0.4, 0.5) is 10.5 Å². The maximum atomic E-state index is 13.4. The first-order valence-corrected chi connectivity index (χ1v) is 15.9. The molecule has 2 aromatic rings. The number of ether oxygens (including phenoxy) is 2. The molecule has 7 rings (SSSR count). The number of hydrogen-bond donors (Lipinski definition) is 1. The molecule has 4 saturated carbocycles. The maximum absolute atomic E-state index is 13.4. The van der Waals surface area contributed by atoms with E-state index in [1.807, 2.05) is 24.5 Å². The van der Waals surface area contributed by atoms with Crippen molar-refractivity contribution in [1.82, 2.24) is 4.90 Å². The Kier molecular flexibility index (Phi) is 7.63. The lowest BCUT2D eigenvalue weighted by molar-refractivity contribution is -0.161. The fourth-order valence-electron chi connectivity index (χ4n) is 7.26. The van der Waals surface area contributed by atoms with E-state index in [2.05, 4.69) is 5.32 Å². The third kappa shape index (κ3) is 5.64. The van der Waals surface area contributed by atoms with Gasteiger partial charge in [0, 0.05) is 10.6 Å². The summed E-state index contributed by atoms with van der Waals surface area (Å²) in [5.41, 5.74) is 0.821. The van der Waals surface area contributed by atoms with Crippen LogP contribution in [0.1, 0.15) is 44.1 Å². The zero-order valence-electron chi connectivity index (χ0n) is 23.0. The number of amides is 3. The second kappa shape index (κ2) is 11.2. The molecule has 5 aliphatic rings. The summed E-state index contributed by atoms with van der Waals surface area (Å²) in [6.07, 6.45) is 9.99. The molecule has 5 fully saturated rings. The van der Waals surface area contributed by atoms with E-state index in [1.54, 1.807) is 42.1 Å². The number of nitrogens with one attached hydrogen (secondary N) is 1. The summed E-state index contributed by atoms with van der Waals surface area (Å²) in [6, 6.07) is 12.4. The molecule has 4 aliphatic carbocycles. The van der Waals surface area contributed by atoms with Crippen LogP contribution in [0.3, 0.4) is 0 Å². The maximum Gasteiger partial charge on any atom is 0.317 e. The third-order valence-corrected chi connectivity index (χ3v) is 10.3. The molecule has 1 aliphatic heterocycles. The van der Waals surface area contributed by atoms with Gasteiger partial charge in [0.15, 0.2) is 11.5 Å². The molecule has 2 aromatic carbocycles. The number of methoxy groups -OCH3 is 1. The highest BCUT2D eigenvalue weighted by Gasteiger charge is 2.55. The summed E-state index contributed by atoms with van der Waals surface area (Å²) in [6.45, 7) is -0.381. The van der Waals surface area contributed by atoms with Gasteiger partial charge in [-0.2, -0.15) is 0 Å². The highest BCUT2D eigenvalue weighted by atomic mass is 32.2. The molecular formula is C31H32N2O6S2. The molecule has 0 spiro atoms. The van der Waals surface area contributed by atoms with E-state index in [0.717, 1.165) is 40.8 Å². The molecule has 0 aromatic heterocycles. The molecule has 0 unspecified atom stereocenters. The Labute approximate surface area is 247 Å². The van der Waals surface area contributed by atoms with Gasteiger partial charge in [-0.3, -0.25) is 24.1 Å². The number of carbonyl (C=O) groups is 4. The molecule has 214 valence electrons. The Balaban J connectivity index is 1.12. The largest absolute Gasteiger partial charge is 0.493 e. The first kappa shape index (κ1) is 27.9. The fraction of sp³-hybridized carbons (Fsp3) is 0.419. The van der Waals surface area contributed by atoms with E-state index in [-0.39, 0.29) is 22.8 Å². The number of hydrogen-bond acceptors (Lipinski definition) is 8. The molecule has 1 N–H and O–H groups in total. The number of carbonyl (C=O) groups excluding carboxylic acids is 4. The van der Waals surface area contributed by atoms with Gasteiger partial charge in [-0.05, 0) is 116 Å². The predicted molar refractivity (Wildman–Crippen MR) is 159 cm³/mol. The van der Waals surface area contributed by atoms with Crippen molar-refractivity contribution in [2.75, 3.05) is 25.2 Å². The van der Waals surface area contributed by atoms with Crippen LogP contribution in [0.2, 0.25) is 0 Å². The van der Waals surface area contributed by atoms with Gasteiger partial charge in [0.2, 0.25) is 5.91 Å². The molecule has 41 heavy (non-hydrogen) atoms. The minimum atomic E-state index is -0.538. The molecule has 10 heteroatoms. The normalized spacial score (nSPS) is 27.4. The average molecular weight is 593 g/mol. The first-order valence-electron chi connectivity index (χ1n) is 13.8. The van der Waals surface area contributed by atoms with Gasteiger partial charge in [0.25, 0.3) is 11.1 Å². The molecule has 0 atom stereocenters. The van der Waals surface area contributed by atoms with Crippen LogP contribution in [-0.2, 0) is 14.4 Å². The van der Waals surface area contributed by atoms with Crippen molar-refractivity contribution in [3.63, 3.8) is 0 Å². The predicted octanol–water partition coefficient (Wildman–Crippen LogP) is 6.21.